The van der Waals surface area contributed by atoms with E-state index in [0.717, 1.165) is 4.47 Å². The predicted molar refractivity (Wildman–Crippen MR) is 119 cm³/mol. The normalized spacial score (nSPS) is 10.7. The minimum absolute atomic E-state index is 0.0294. The van der Waals surface area contributed by atoms with Crippen molar-refractivity contribution in [1.82, 2.24) is 5.43 Å². The second-order valence-corrected chi connectivity index (χ2v) is 7.23. The Hall–Kier alpha value is -3.79. The summed E-state index contributed by atoms with van der Waals surface area (Å²) in [6.07, 6.45) is 1.46. The molecular formula is C22H19BrN2O7. The van der Waals surface area contributed by atoms with Gasteiger partial charge in [0.15, 0.2) is 11.5 Å². The van der Waals surface area contributed by atoms with Gasteiger partial charge in [0.1, 0.15) is 18.1 Å². The maximum atomic E-state index is 12.4. The molecule has 10 heteroatoms. The van der Waals surface area contributed by atoms with Crippen LogP contribution in [0, 0.1) is 0 Å². The lowest BCUT2D eigenvalue weighted by atomic mass is 10.2. The van der Waals surface area contributed by atoms with Gasteiger partial charge in [-0.1, -0.05) is 15.9 Å². The molecule has 2 N–H and O–H groups in total. The number of furan rings is 1. The number of hydrogen-bond donors (Lipinski definition) is 2. The molecule has 0 atom stereocenters. The van der Waals surface area contributed by atoms with E-state index >= 15 is 0 Å². The number of nitrogens with zero attached hydrogens (tertiary/aromatic N) is 1. The van der Waals surface area contributed by atoms with Crippen LogP contribution >= 0.6 is 15.9 Å². The largest absolute Gasteiger partial charge is 0.496 e. The molecule has 166 valence electrons. The lowest BCUT2D eigenvalue weighted by Gasteiger charge is -2.10. The Balaban J connectivity index is 1.65. The minimum atomic E-state index is -1.15. The zero-order valence-corrected chi connectivity index (χ0v) is 18.7. The number of amides is 1. The molecule has 0 aliphatic carbocycles. The van der Waals surface area contributed by atoms with Gasteiger partial charge >= 0.3 is 5.97 Å². The van der Waals surface area contributed by atoms with Crippen LogP contribution in [0.15, 0.2) is 62.5 Å². The van der Waals surface area contributed by atoms with E-state index < -0.39 is 11.9 Å². The van der Waals surface area contributed by atoms with Gasteiger partial charge in [0.05, 0.1) is 26.0 Å². The number of carboxylic acids is 1. The summed E-state index contributed by atoms with van der Waals surface area (Å²) in [6.45, 7) is 0.0294. The van der Waals surface area contributed by atoms with Crippen LogP contribution in [0.5, 0.6) is 17.2 Å². The number of benzene rings is 2. The second kappa shape index (κ2) is 10.5. The topological polar surface area (TPSA) is 120 Å². The number of ether oxygens (including phenoxy) is 3. The van der Waals surface area contributed by atoms with Gasteiger partial charge in [-0.05, 0) is 54.1 Å². The van der Waals surface area contributed by atoms with Crippen molar-refractivity contribution in [2.45, 2.75) is 6.61 Å². The van der Waals surface area contributed by atoms with E-state index in [1.54, 1.807) is 36.4 Å². The first-order valence-corrected chi connectivity index (χ1v) is 10.0. The van der Waals surface area contributed by atoms with E-state index in [2.05, 4.69) is 26.5 Å². The molecule has 1 heterocycles. The quantitative estimate of drug-likeness (QED) is 0.333. The molecule has 0 saturated heterocycles. The number of carbonyl (C=O) groups excluding carboxylic acids is 1. The Kier molecular flexibility index (Phi) is 7.50. The van der Waals surface area contributed by atoms with Crippen LogP contribution < -0.4 is 19.6 Å². The standard InChI is InChI=1S/C22H19BrN2O7/c1-29-17-7-4-14(23)10-16(17)21(26)25-24-11-13-3-6-18(20(9-13)30-2)31-12-15-5-8-19(32-15)22(27)28/h3-11H,12H2,1-2H3,(H,25,26)(H,27,28)/b24-11-. The highest BCUT2D eigenvalue weighted by Crippen LogP contribution is 2.28. The third kappa shape index (κ3) is 5.67. The first-order valence-electron chi connectivity index (χ1n) is 9.21. The van der Waals surface area contributed by atoms with Gasteiger partial charge in [0.25, 0.3) is 5.91 Å². The smallest absolute Gasteiger partial charge is 0.371 e. The fraction of sp³-hybridized carbons (Fsp3) is 0.136. The first-order chi connectivity index (χ1) is 15.4. The molecular weight excluding hydrogens is 484 g/mol. The van der Waals surface area contributed by atoms with E-state index in [4.69, 9.17) is 23.7 Å². The fourth-order valence-electron chi connectivity index (χ4n) is 2.69. The van der Waals surface area contributed by atoms with Gasteiger partial charge in [-0.2, -0.15) is 5.10 Å². The third-order valence-corrected chi connectivity index (χ3v) is 4.71. The summed E-state index contributed by atoms with van der Waals surface area (Å²) in [5, 5.41) is 12.9. The number of nitrogens with one attached hydrogen (secondary N) is 1. The molecule has 9 nitrogen and oxygen atoms in total. The molecule has 0 bridgehead atoms. The van der Waals surface area contributed by atoms with Crippen LogP contribution in [0.3, 0.4) is 0 Å². The number of rotatable bonds is 9. The van der Waals surface area contributed by atoms with Crippen molar-refractivity contribution >= 4 is 34.0 Å². The number of hydrogen-bond acceptors (Lipinski definition) is 7. The lowest BCUT2D eigenvalue weighted by molar-refractivity contribution is 0.0657. The van der Waals surface area contributed by atoms with Crippen molar-refractivity contribution in [3.05, 3.63) is 75.7 Å². The Bertz CT molecular complexity index is 1160. The third-order valence-electron chi connectivity index (χ3n) is 4.22. The summed E-state index contributed by atoms with van der Waals surface area (Å²) >= 11 is 3.32. The summed E-state index contributed by atoms with van der Waals surface area (Å²) in [5.41, 5.74) is 3.45. The van der Waals surface area contributed by atoms with Crippen molar-refractivity contribution < 1.29 is 33.3 Å². The molecule has 2 aromatic carbocycles. The molecule has 0 spiro atoms. The van der Waals surface area contributed by atoms with E-state index in [9.17, 15) is 9.59 Å². The zero-order chi connectivity index (χ0) is 23.1. The van der Waals surface area contributed by atoms with Crippen molar-refractivity contribution in [2.75, 3.05) is 14.2 Å². The van der Waals surface area contributed by atoms with Crippen LogP contribution in [-0.2, 0) is 6.61 Å². The molecule has 3 aromatic rings. The van der Waals surface area contributed by atoms with Crippen molar-refractivity contribution in [1.29, 1.82) is 0 Å². The Morgan fingerprint density at radius 3 is 2.50 bits per heavy atom. The van der Waals surface area contributed by atoms with Gasteiger partial charge in [0, 0.05) is 4.47 Å². The van der Waals surface area contributed by atoms with Crippen molar-refractivity contribution in [3.8, 4) is 17.2 Å². The molecule has 0 fully saturated rings. The average Bonchev–Trinajstić information content (AvgIpc) is 3.27. The van der Waals surface area contributed by atoms with E-state index in [1.165, 1.54) is 32.6 Å². The van der Waals surface area contributed by atoms with E-state index in [1.807, 2.05) is 0 Å². The zero-order valence-electron chi connectivity index (χ0n) is 17.1. The van der Waals surface area contributed by atoms with Crippen molar-refractivity contribution in [3.63, 3.8) is 0 Å². The van der Waals surface area contributed by atoms with Gasteiger partial charge in [-0.3, -0.25) is 4.79 Å². The molecule has 0 unspecified atom stereocenters. The number of carboxylic acid groups (broad SMARTS) is 1. The van der Waals surface area contributed by atoms with Crippen LogP contribution in [0.4, 0.5) is 0 Å². The van der Waals surface area contributed by atoms with Crippen molar-refractivity contribution in [2.24, 2.45) is 5.10 Å². The summed E-state index contributed by atoms with van der Waals surface area (Å²) in [5.74, 6) is -0.0882. The number of halogens is 1. The Morgan fingerprint density at radius 1 is 1.06 bits per heavy atom. The summed E-state index contributed by atoms with van der Waals surface area (Å²) in [4.78, 5) is 23.3. The van der Waals surface area contributed by atoms with Crippen LogP contribution in [0.1, 0.15) is 32.2 Å². The van der Waals surface area contributed by atoms with Crippen LogP contribution in [0.2, 0.25) is 0 Å². The van der Waals surface area contributed by atoms with E-state index in [0.29, 0.717) is 34.1 Å². The highest BCUT2D eigenvalue weighted by Gasteiger charge is 2.13. The van der Waals surface area contributed by atoms with Gasteiger partial charge in [-0.15, -0.1) is 0 Å². The molecule has 32 heavy (non-hydrogen) atoms. The van der Waals surface area contributed by atoms with E-state index in [-0.39, 0.29) is 12.4 Å². The monoisotopic (exact) mass is 502 g/mol. The number of methoxy groups -OCH3 is 2. The number of hydrazone groups is 1. The first kappa shape index (κ1) is 22.9. The SMILES string of the molecule is COc1cc(/C=N\NC(=O)c2cc(Br)ccc2OC)ccc1OCc1ccc(C(=O)O)o1. The Morgan fingerprint density at radius 2 is 1.81 bits per heavy atom. The predicted octanol–water partition coefficient (Wildman–Crippen LogP) is 4.10. The van der Waals surface area contributed by atoms with Crippen LogP contribution in [0.25, 0.3) is 0 Å². The molecule has 1 amide bonds. The number of aromatic carboxylic acids is 1. The summed E-state index contributed by atoms with van der Waals surface area (Å²) in [7, 11) is 2.97. The van der Waals surface area contributed by atoms with Gasteiger partial charge < -0.3 is 23.7 Å². The summed E-state index contributed by atoms with van der Waals surface area (Å²) in [6, 6.07) is 13.0. The average molecular weight is 503 g/mol. The molecule has 0 aliphatic rings. The highest BCUT2D eigenvalue weighted by molar-refractivity contribution is 9.10. The van der Waals surface area contributed by atoms with Gasteiger partial charge in [-0.25, -0.2) is 10.2 Å². The maximum Gasteiger partial charge on any atom is 0.371 e. The fourth-order valence-corrected chi connectivity index (χ4v) is 3.05. The molecule has 1 aromatic heterocycles. The second-order valence-electron chi connectivity index (χ2n) is 6.31. The van der Waals surface area contributed by atoms with Crippen LogP contribution in [-0.4, -0.2) is 37.4 Å². The molecule has 0 saturated carbocycles. The minimum Gasteiger partial charge on any atom is -0.496 e. The molecule has 3 rings (SSSR count). The molecule has 0 radical (unpaired) electrons. The highest BCUT2D eigenvalue weighted by atomic mass is 79.9. The lowest BCUT2D eigenvalue weighted by Crippen LogP contribution is -2.18. The summed E-state index contributed by atoms with van der Waals surface area (Å²) < 4.78 is 22.1. The Labute approximate surface area is 191 Å². The number of carbonyl (C=O) groups is 2. The molecule has 0 aliphatic heterocycles. The van der Waals surface area contributed by atoms with Gasteiger partial charge in [0.2, 0.25) is 5.76 Å². The maximum absolute atomic E-state index is 12.4.